The molecule has 3 N–H and O–H groups in total. The van der Waals surface area contributed by atoms with E-state index in [-0.39, 0.29) is 10.6 Å². The smallest absolute Gasteiger partial charge is 0.408 e. The first-order valence-corrected chi connectivity index (χ1v) is 6.65. The Kier molecular flexibility index (Phi) is 5.57. The minimum Gasteiger partial charge on any atom is -0.478 e. The second kappa shape index (κ2) is 6.78. The van der Waals surface area contributed by atoms with Gasteiger partial charge < -0.3 is 20.3 Å². The lowest BCUT2D eigenvalue weighted by atomic mass is 10.0. The first-order chi connectivity index (χ1) is 9.64. The van der Waals surface area contributed by atoms with Gasteiger partial charge in [0, 0.05) is 0 Å². The Hall–Kier alpha value is -1.79. The molecular weight excluding hydrogens is 298 g/mol. The molecule has 1 amide bonds. The molecule has 1 unspecified atom stereocenters. The van der Waals surface area contributed by atoms with Crippen molar-refractivity contribution in [2.45, 2.75) is 32.4 Å². The van der Waals surface area contributed by atoms with Crippen LogP contribution in [0, 0.1) is 0 Å². The number of hydrogen-bond donors (Lipinski definition) is 3. The first-order valence-electron chi connectivity index (χ1n) is 6.27. The van der Waals surface area contributed by atoms with Crippen LogP contribution in [0.25, 0.3) is 0 Å². The van der Waals surface area contributed by atoms with Crippen molar-refractivity contribution in [2.75, 3.05) is 6.61 Å². The number of amides is 1. The van der Waals surface area contributed by atoms with Crippen LogP contribution in [-0.2, 0) is 4.74 Å². The lowest BCUT2D eigenvalue weighted by molar-refractivity contribution is 0.0481. The highest BCUT2D eigenvalue weighted by Gasteiger charge is 2.21. The van der Waals surface area contributed by atoms with Crippen LogP contribution >= 0.6 is 11.6 Å². The van der Waals surface area contributed by atoms with Crippen LogP contribution < -0.4 is 5.32 Å². The van der Waals surface area contributed by atoms with Gasteiger partial charge in [-0.2, -0.15) is 0 Å². The molecule has 7 heteroatoms. The number of benzene rings is 1. The number of carboxylic acid groups (broad SMARTS) is 1. The number of aliphatic hydroxyl groups excluding tert-OH is 1. The molecule has 1 atom stereocenters. The summed E-state index contributed by atoms with van der Waals surface area (Å²) in [6.45, 7) is 4.74. The Balaban J connectivity index is 2.93. The van der Waals surface area contributed by atoms with Crippen LogP contribution in [-0.4, -0.2) is 34.5 Å². The van der Waals surface area contributed by atoms with Crippen molar-refractivity contribution >= 4 is 23.7 Å². The summed E-state index contributed by atoms with van der Waals surface area (Å²) in [6, 6.07) is 3.46. The fourth-order valence-corrected chi connectivity index (χ4v) is 1.81. The molecule has 0 saturated heterocycles. The average Bonchev–Trinajstić information content (AvgIpc) is 2.34. The number of aliphatic hydroxyl groups is 1. The molecule has 1 aromatic carbocycles. The molecule has 0 saturated carbocycles. The number of ether oxygens (including phenoxy) is 1. The predicted octanol–water partition coefficient (Wildman–Crippen LogP) is 2.60. The molecule has 0 fully saturated rings. The van der Waals surface area contributed by atoms with Gasteiger partial charge in [0.25, 0.3) is 0 Å². The number of carboxylic acids is 1. The van der Waals surface area contributed by atoms with Gasteiger partial charge in [-0.15, -0.1) is 0 Å². The fraction of sp³-hybridized carbons (Fsp3) is 0.429. The number of hydrogen-bond acceptors (Lipinski definition) is 4. The molecule has 0 aromatic heterocycles. The minimum absolute atomic E-state index is 0.0835. The van der Waals surface area contributed by atoms with Crippen LogP contribution in [0.4, 0.5) is 4.79 Å². The maximum Gasteiger partial charge on any atom is 0.408 e. The topological polar surface area (TPSA) is 95.9 Å². The van der Waals surface area contributed by atoms with Gasteiger partial charge >= 0.3 is 12.1 Å². The van der Waals surface area contributed by atoms with Crippen molar-refractivity contribution in [1.29, 1.82) is 0 Å². The summed E-state index contributed by atoms with van der Waals surface area (Å²) >= 11 is 5.78. The Morgan fingerprint density at radius 1 is 1.38 bits per heavy atom. The van der Waals surface area contributed by atoms with Crippen LogP contribution in [0.3, 0.4) is 0 Å². The number of alkyl carbamates (subject to hydrolysis) is 1. The summed E-state index contributed by atoms with van der Waals surface area (Å²) in [6.07, 6.45) is -0.701. The zero-order valence-electron chi connectivity index (χ0n) is 12.0. The molecule has 0 spiro atoms. The predicted molar refractivity (Wildman–Crippen MR) is 77.6 cm³/mol. The SMILES string of the molecule is CC(C)(C)OC(=O)NC(CO)c1ccc(Cl)c(C(=O)O)c1. The van der Waals surface area contributed by atoms with Crippen molar-refractivity contribution in [3.05, 3.63) is 34.3 Å². The Labute approximate surface area is 127 Å². The van der Waals surface area contributed by atoms with Gasteiger partial charge in [-0.3, -0.25) is 0 Å². The van der Waals surface area contributed by atoms with Gasteiger partial charge in [0.05, 0.1) is 23.2 Å². The van der Waals surface area contributed by atoms with E-state index >= 15 is 0 Å². The Morgan fingerprint density at radius 2 is 2.00 bits per heavy atom. The summed E-state index contributed by atoms with van der Waals surface area (Å²) in [5.41, 5.74) is -0.347. The lowest BCUT2D eigenvalue weighted by Gasteiger charge is -2.23. The lowest BCUT2D eigenvalue weighted by Crippen LogP contribution is -2.36. The summed E-state index contributed by atoms with van der Waals surface area (Å²) in [4.78, 5) is 22.7. The van der Waals surface area contributed by atoms with Crippen LogP contribution in [0.1, 0.15) is 42.7 Å². The molecule has 0 aliphatic rings. The number of carbonyl (C=O) groups excluding carboxylic acids is 1. The summed E-state index contributed by atoms with van der Waals surface area (Å²) in [5, 5.41) is 21.0. The molecule has 0 heterocycles. The van der Waals surface area contributed by atoms with Crippen LogP contribution in [0.2, 0.25) is 5.02 Å². The van der Waals surface area contributed by atoms with E-state index in [1.807, 2.05) is 0 Å². The van der Waals surface area contributed by atoms with Gasteiger partial charge in [0.15, 0.2) is 0 Å². The molecule has 21 heavy (non-hydrogen) atoms. The monoisotopic (exact) mass is 315 g/mol. The molecule has 1 rings (SSSR count). The van der Waals surface area contributed by atoms with E-state index < -0.39 is 30.3 Å². The molecule has 0 bridgehead atoms. The standard InChI is InChI=1S/C14H18ClNO5/c1-14(2,3)21-13(20)16-11(7-17)8-4-5-10(15)9(6-8)12(18)19/h4-6,11,17H,7H2,1-3H3,(H,16,20)(H,18,19). The summed E-state index contributed by atoms with van der Waals surface area (Å²) in [7, 11) is 0. The Bertz CT molecular complexity index is 539. The molecule has 6 nitrogen and oxygen atoms in total. The number of aromatic carboxylic acids is 1. The third-order valence-electron chi connectivity index (χ3n) is 2.50. The van der Waals surface area contributed by atoms with E-state index in [2.05, 4.69) is 5.32 Å². The van der Waals surface area contributed by atoms with Crippen molar-refractivity contribution in [3.63, 3.8) is 0 Å². The maximum absolute atomic E-state index is 11.7. The molecule has 116 valence electrons. The van der Waals surface area contributed by atoms with Crippen molar-refractivity contribution in [1.82, 2.24) is 5.32 Å². The van der Waals surface area contributed by atoms with Gasteiger partial charge in [0.1, 0.15) is 5.60 Å². The molecule has 0 radical (unpaired) electrons. The van der Waals surface area contributed by atoms with Crippen LogP contribution in [0.5, 0.6) is 0 Å². The van der Waals surface area contributed by atoms with Crippen LogP contribution in [0.15, 0.2) is 18.2 Å². The van der Waals surface area contributed by atoms with Crippen molar-refractivity contribution in [2.24, 2.45) is 0 Å². The molecule has 1 aromatic rings. The van der Waals surface area contributed by atoms with Gasteiger partial charge in [-0.25, -0.2) is 9.59 Å². The van der Waals surface area contributed by atoms with Crippen molar-refractivity contribution in [3.8, 4) is 0 Å². The van der Waals surface area contributed by atoms with E-state index in [1.165, 1.54) is 18.2 Å². The largest absolute Gasteiger partial charge is 0.478 e. The number of carbonyl (C=O) groups is 2. The van der Waals surface area contributed by atoms with Crippen molar-refractivity contribution < 1.29 is 24.5 Å². The normalized spacial score (nSPS) is 12.6. The Morgan fingerprint density at radius 3 is 2.48 bits per heavy atom. The van der Waals surface area contributed by atoms with E-state index in [1.54, 1.807) is 20.8 Å². The number of nitrogens with one attached hydrogen (secondary N) is 1. The van der Waals surface area contributed by atoms with E-state index in [9.17, 15) is 14.7 Å². The quantitative estimate of drug-likeness (QED) is 0.793. The summed E-state index contributed by atoms with van der Waals surface area (Å²) < 4.78 is 5.09. The highest BCUT2D eigenvalue weighted by Crippen LogP contribution is 2.22. The molecule has 0 aliphatic carbocycles. The molecule has 0 aliphatic heterocycles. The van der Waals surface area contributed by atoms with Gasteiger partial charge in [-0.05, 0) is 38.5 Å². The van der Waals surface area contributed by atoms with Gasteiger partial charge in [-0.1, -0.05) is 17.7 Å². The second-order valence-electron chi connectivity index (χ2n) is 5.43. The van der Waals surface area contributed by atoms with E-state index in [0.717, 1.165) is 0 Å². The van der Waals surface area contributed by atoms with E-state index in [4.69, 9.17) is 21.4 Å². The van der Waals surface area contributed by atoms with E-state index in [0.29, 0.717) is 5.56 Å². The highest BCUT2D eigenvalue weighted by atomic mass is 35.5. The highest BCUT2D eigenvalue weighted by molar-refractivity contribution is 6.33. The third kappa shape index (κ3) is 5.24. The number of rotatable bonds is 4. The number of halogens is 1. The first kappa shape index (κ1) is 17.3. The maximum atomic E-state index is 11.7. The summed E-state index contributed by atoms with van der Waals surface area (Å²) in [5.74, 6) is -1.18. The molecular formula is C14H18ClNO5. The average molecular weight is 316 g/mol. The zero-order chi connectivity index (χ0) is 16.2. The minimum atomic E-state index is -1.18. The third-order valence-corrected chi connectivity index (χ3v) is 2.83. The zero-order valence-corrected chi connectivity index (χ0v) is 12.8. The second-order valence-corrected chi connectivity index (χ2v) is 5.83. The fourth-order valence-electron chi connectivity index (χ4n) is 1.61. The van der Waals surface area contributed by atoms with Gasteiger partial charge in [0.2, 0.25) is 0 Å².